The zero-order valence-corrected chi connectivity index (χ0v) is 11.5. The van der Waals surface area contributed by atoms with E-state index in [9.17, 15) is 23.1 Å². The maximum atomic E-state index is 12.5. The van der Waals surface area contributed by atoms with Crippen LogP contribution in [0.25, 0.3) is 0 Å². The van der Waals surface area contributed by atoms with Gasteiger partial charge < -0.3 is 14.9 Å². The van der Waals surface area contributed by atoms with E-state index >= 15 is 0 Å². The number of benzene rings is 1. The van der Waals surface area contributed by atoms with E-state index in [-0.39, 0.29) is 11.5 Å². The second-order valence-electron chi connectivity index (χ2n) is 4.52. The van der Waals surface area contributed by atoms with Gasteiger partial charge in [0, 0.05) is 6.04 Å². The Morgan fingerprint density at radius 2 is 2.05 bits per heavy atom. The molecule has 0 fully saturated rings. The molecule has 21 heavy (non-hydrogen) atoms. The summed E-state index contributed by atoms with van der Waals surface area (Å²) in [5.74, 6) is -1.38. The standard InChI is InChI=1S/C13H16F3NO4/c1-8(9-3-4-10(18)11(5-9)21-2)17(6-12(19)20)7-13(14,15)16/h3-5,8,18H,6-7H2,1-2H3,(H,19,20). The topological polar surface area (TPSA) is 70.0 Å². The number of methoxy groups -OCH3 is 1. The molecule has 0 amide bonds. The van der Waals surface area contributed by atoms with Crippen LogP contribution >= 0.6 is 0 Å². The third kappa shape index (κ3) is 5.14. The van der Waals surface area contributed by atoms with Crippen LogP contribution in [0, 0.1) is 0 Å². The van der Waals surface area contributed by atoms with Crippen LogP contribution in [0.2, 0.25) is 0 Å². The lowest BCUT2D eigenvalue weighted by atomic mass is 10.1. The number of aliphatic carboxylic acids is 1. The highest BCUT2D eigenvalue weighted by atomic mass is 19.4. The summed E-state index contributed by atoms with van der Waals surface area (Å²) in [7, 11) is 1.31. The maximum Gasteiger partial charge on any atom is 0.401 e. The van der Waals surface area contributed by atoms with E-state index in [1.54, 1.807) is 0 Å². The number of carboxylic acids is 1. The molecule has 0 spiro atoms. The molecule has 0 radical (unpaired) electrons. The van der Waals surface area contributed by atoms with Crippen LogP contribution in [0.3, 0.4) is 0 Å². The number of hydrogen-bond acceptors (Lipinski definition) is 4. The molecule has 0 bridgehead atoms. The second-order valence-corrected chi connectivity index (χ2v) is 4.52. The predicted molar refractivity (Wildman–Crippen MR) is 68.3 cm³/mol. The van der Waals surface area contributed by atoms with Crippen LogP contribution in [0.15, 0.2) is 18.2 Å². The van der Waals surface area contributed by atoms with Gasteiger partial charge in [0.05, 0.1) is 20.2 Å². The van der Waals surface area contributed by atoms with Crippen LogP contribution in [0.4, 0.5) is 13.2 Å². The fourth-order valence-electron chi connectivity index (χ4n) is 1.90. The number of rotatable bonds is 6. The number of phenols is 1. The molecule has 1 aromatic rings. The van der Waals surface area contributed by atoms with Gasteiger partial charge in [-0.25, -0.2) is 0 Å². The zero-order valence-electron chi connectivity index (χ0n) is 11.5. The normalized spacial score (nSPS) is 13.2. The van der Waals surface area contributed by atoms with Gasteiger partial charge in [-0.1, -0.05) is 6.07 Å². The van der Waals surface area contributed by atoms with Crippen molar-refractivity contribution in [3.8, 4) is 11.5 Å². The molecule has 0 saturated heterocycles. The Labute approximate surface area is 119 Å². The van der Waals surface area contributed by atoms with E-state index in [0.717, 1.165) is 4.90 Å². The summed E-state index contributed by atoms with van der Waals surface area (Å²) < 4.78 is 42.5. The van der Waals surface area contributed by atoms with Crippen molar-refractivity contribution in [1.82, 2.24) is 4.90 Å². The molecular weight excluding hydrogens is 291 g/mol. The quantitative estimate of drug-likeness (QED) is 0.844. The van der Waals surface area contributed by atoms with E-state index in [0.29, 0.717) is 5.56 Å². The van der Waals surface area contributed by atoms with Crippen LogP contribution in [0.1, 0.15) is 18.5 Å². The number of hydrogen-bond donors (Lipinski definition) is 2. The molecular formula is C13H16F3NO4. The fourth-order valence-corrected chi connectivity index (χ4v) is 1.90. The molecule has 2 N–H and O–H groups in total. The lowest BCUT2D eigenvalue weighted by Crippen LogP contribution is -2.39. The van der Waals surface area contributed by atoms with Crippen molar-refractivity contribution in [2.24, 2.45) is 0 Å². The van der Waals surface area contributed by atoms with Crippen molar-refractivity contribution in [3.63, 3.8) is 0 Å². The van der Waals surface area contributed by atoms with E-state index in [1.165, 1.54) is 32.2 Å². The molecule has 5 nitrogen and oxygen atoms in total. The van der Waals surface area contributed by atoms with Crippen molar-refractivity contribution in [2.75, 3.05) is 20.2 Å². The monoisotopic (exact) mass is 307 g/mol. The van der Waals surface area contributed by atoms with Gasteiger partial charge in [-0.3, -0.25) is 9.69 Å². The van der Waals surface area contributed by atoms with Gasteiger partial charge in [0.15, 0.2) is 11.5 Å². The minimum atomic E-state index is -4.51. The third-order valence-corrected chi connectivity index (χ3v) is 2.95. The Morgan fingerprint density at radius 3 is 2.52 bits per heavy atom. The molecule has 0 saturated carbocycles. The summed E-state index contributed by atoms with van der Waals surface area (Å²) in [5.41, 5.74) is 0.412. The molecule has 0 aliphatic heterocycles. The van der Waals surface area contributed by atoms with Gasteiger partial charge in [0.25, 0.3) is 0 Å². The lowest BCUT2D eigenvalue weighted by molar-refractivity contribution is -0.157. The van der Waals surface area contributed by atoms with Gasteiger partial charge in [0.2, 0.25) is 0 Å². The van der Waals surface area contributed by atoms with Crippen molar-refractivity contribution < 1.29 is 32.9 Å². The largest absolute Gasteiger partial charge is 0.504 e. The highest BCUT2D eigenvalue weighted by Crippen LogP contribution is 2.32. The molecule has 8 heteroatoms. The molecule has 1 rings (SSSR count). The van der Waals surface area contributed by atoms with E-state index in [1.807, 2.05) is 0 Å². The van der Waals surface area contributed by atoms with Gasteiger partial charge in [-0.2, -0.15) is 13.2 Å². The lowest BCUT2D eigenvalue weighted by Gasteiger charge is -2.28. The number of carbonyl (C=O) groups is 1. The molecule has 0 heterocycles. The molecule has 118 valence electrons. The first-order chi connectivity index (χ1) is 9.64. The van der Waals surface area contributed by atoms with Gasteiger partial charge in [0.1, 0.15) is 0 Å². The Kier molecular flexibility index (Phi) is 5.42. The summed E-state index contributed by atoms with van der Waals surface area (Å²) in [5, 5.41) is 18.2. The first-order valence-electron chi connectivity index (χ1n) is 6.03. The summed E-state index contributed by atoms with van der Waals surface area (Å²) in [4.78, 5) is 11.5. The van der Waals surface area contributed by atoms with Crippen LogP contribution in [-0.2, 0) is 4.79 Å². The number of halogens is 3. The SMILES string of the molecule is COc1cc(C(C)N(CC(=O)O)CC(F)(F)F)ccc1O. The van der Waals surface area contributed by atoms with Gasteiger partial charge in [-0.05, 0) is 24.6 Å². The van der Waals surface area contributed by atoms with Gasteiger partial charge in [-0.15, -0.1) is 0 Å². The summed E-state index contributed by atoms with van der Waals surface area (Å²) in [6, 6.07) is 3.29. The fraction of sp³-hybridized carbons (Fsp3) is 0.462. The van der Waals surface area contributed by atoms with Crippen molar-refractivity contribution >= 4 is 5.97 Å². The Bertz CT molecular complexity index is 505. The summed E-state index contributed by atoms with van der Waals surface area (Å²) in [6.07, 6.45) is -4.51. The molecule has 0 aliphatic carbocycles. The number of aromatic hydroxyl groups is 1. The number of ether oxygens (including phenoxy) is 1. The Hall–Kier alpha value is -1.96. The first-order valence-corrected chi connectivity index (χ1v) is 6.03. The number of carboxylic acid groups (broad SMARTS) is 1. The van der Waals surface area contributed by atoms with E-state index < -0.39 is 31.3 Å². The van der Waals surface area contributed by atoms with Crippen LogP contribution in [0.5, 0.6) is 11.5 Å². The minimum Gasteiger partial charge on any atom is -0.504 e. The van der Waals surface area contributed by atoms with Crippen molar-refractivity contribution in [1.29, 1.82) is 0 Å². The predicted octanol–water partition coefficient (Wildman–Crippen LogP) is 2.41. The molecule has 0 aliphatic rings. The zero-order chi connectivity index (χ0) is 16.2. The summed E-state index contributed by atoms with van der Waals surface area (Å²) >= 11 is 0. The average molecular weight is 307 g/mol. The number of phenolic OH excluding ortho intramolecular Hbond substituents is 1. The smallest absolute Gasteiger partial charge is 0.401 e. The van der Waals surface area contributed by atoms with Crippen molar-refractivity contribution in [3.05, 3.63) is 23.8 Å². The van der Waals surface area contributed by atoms with E-state index in [2.05, 4.69) is 0 Å². The Morgan fingerprint density at radius 1 is 1.43 bits per heavy atom. The summed E-state index contributed by atoms with van der Waals surface area (Å²) in [6.45, 7) is -0.631. The van der Waals surface area contributed by atoms with Gasteiger partial charge >= 0.3 is 12.1 Å². The third-order valence-electron chi connectivity index (χ3n) is 2.95. The van der Waals surface area contributed by atoms with E-state index in [4.69, 9.17) is 9.84 Å². The Balaban J connectivity index is 3.03. The minimum absolute atomic E-state index is 0.113. The molecule has 0 aromatic heterocycles. The molecule has 1 unspecified atom stereocenters. The highest BCUT2D eigenvalue weighted by molar-refractivity contribution is 5.69. The molecule has 1 aromatic carbocycles. The maximum absolute atomic E-state index is 12.5. The first kappa shape index (κ1) is 17.1. The number of nitrogens with zero attached hydrogens (tertiary/aromatic N) is 1. The number of alkyl halides is 3. The van der Waals surface area contributed by atoms with Crippen LogP contribution < -0.4 is 4.74 Å². The van der Waals surface area contributed by atoms with Crippen molar-refractivity contribution in [2.45, 2.75) is 19.1 Å². The molecule has 1 atom stereocenters. The second kappa shape index (κ2) is 6.66. The van der Waals surface area contributed by atoms with Crippen LogP contribution in [-0.4, -0.2) is 47.5 Å². The average Bonchev–Trinajstić information content (AvgIpc) is 2.35. The highest BCUT2D eigenvalue weighted by Gasteiger charge is 2.34.